The Morgan fingerprint density at radius 3 is 2.43 bits per heavy atom. The highest BCUT2D eigenvalue weighted by atomic mass is 16.4. The zero-order chi connectivity index (χ0) is 21.1. The number of rotatable bonds is 5. The lowest BCUT2D eigenvalue weighted by atomic mass is 10.1. The van der Waals surface area contributed by atoms with E-state index in [0.717, 1.165) is 18.7 Å². The van der Waals surface area contributed by atoms with E-state index >= 15 is 0 Å². The number of aryl methyl sites for hydroxylation is 1. The second-order valence-corrected chi connectivity index (χ2v) is 7.79. The molecule has 0 aliphatic carbocycles. The first kappa shape index (κ1) is 19.8. The second kappa shape index (κ2) is 8.50. The summed E-state index contributed by atoms with van der Waals surface area (Å²) in [6.45, 7) is 4.41. The lowest BCUT2D eigenvalue weighted by Crippen LogP contribution is -2.29. The summed E-state index contributed by atoms with van der Waals surface area (Å²) in [5.74, 6) is 0.612. The highest BCUT2D eigenvalue weighted by molar-refractivity contribution is 5.98. The minimum atomic E-state index is -0.216. The standard InChI is InChI=1S/C24H26N4O2/c1-18-22(21(16-25)24(30-18)28-14-6-7-15-28)23(29)26(2)17-19-8-10-20(11-9-19)27-12-4-3-5-13-27/h6-11,14-15H,3-5,12-13,17H2,1-2H3. The quantitative estimate of drug-likeness (QED) is 0.630. The van der Waals surface area contributed by atoms with E-state index in [0.29, 0.717) is 23.8 Å². The van der Waals surface area contributed by atoms with Crippen molar-refractivity contribution in [1.29, 1.82) is 5.26 Å². The maximum absolute atomic E-state index is 13.1. The number of nitriles is 1. The number of anilines is 1. The Balaban J connectivity index is 1.51. The zero-order valence-electron chi connectivity index (χ0n) is 17.5. The third-order valence-corrected chi connectivity index (χ3v) is 5.65. The summed E-state index contributed by atoms with van der Waals surface area (Å²) in [5, 5.41) is 9.69. The molecule has 1 fully saturated rings. The van der Waals surface area contributed by atoms with Gasteiger partial charge in [0.05, 0.1) is 0 Å². The summed E-state index contributed by atoms with van der Waals surface area (Å²) < 4.78 is 7.48. The van der Waals surface area contributed by atoms with E-state index in [1.165, 1.54) is 24.9 Å². The van der Waals surface area contributed by atoms with Crippen molar-refractivity contribution in [2.24, 2.45) is 0 Å². The Hall–Kier alpha value is -3.46. The molecule has 0 radical (unpaired) electrons. The first-order valence-electron chi connectivity index (χ1n) is 10.3. The van der Waals surface area contributed by atoms with Crippen LogP contribution in [0.1, 0.15) is 46.5 Å². The fourth-order valence-corrected chi connectivity index (χ4v) is 4.04. The van der Waals surface area contributed by atoms with Crippen LogP contribution in [0.5, 0.6) is 0 Å². The minimum absolute atomic E-state index is 0.216. The van der Waals surface area contributed by atoms with Crippen LogP contribution in [0, 0.1) is 18.3 Å². The Morgan fingerprint density at radius 1 is 1.13 bits per heavy atom. The molecule has 1 aliphatic rings. The summed E-state index contributed by atoms with van der Waals surface area (Å²) in [6.07, 6.45) is 7.39. The van der Waals surface area contributed by atoms with Gasteiger partial charge < -0.3 is 14.2 Å². The molecule has 3 aromatic rings. The molecule has 30 heavy (non-hydrogen) atoms. The number of amides is 1. The van der Waals surface area contributed by atoms with Crippen LogP contribution in [-0.2, 0) is 6.54 Å². The van der Waals surface area contributed by atoms with Crippen molar-refractivity contribution in [3.8, 4) is 12.0 Å². The van der Waals surface area contributed by atoms with Crippen LogP contribution in [-0.4, -0.2) is 35.5 Å². The summed E-state index contributed by atoms with van der Waals surface area (Å²) in [6, 6.07) is 14.3. The van der Waals surface area contributed by atoms with Gasteiger partial charge in [0.15, 0.2) is 0 Å². The topological polar surface area (TPSA) is 65.4 Å². The highest BCUT2D eigenvalue weighted by Crippen LogP contribution is 2.27. The van der Waals surface area contributed by atoms with Crippen molar-refractivity contribution in [3.63, 3.8) is 0 Å². The molecular formula is C24H26N4O2. The van der Waals surface area contributed by atoms with Gasteiger partial charge in [0, 0.05) is 44.8 Å². The summed E-state index contributed by atoms with van der Waals surface area (Å²) in [7, 11) is 1.75. The van der Waals surface area contributed by atoms with Crippen LogP contribution in [0.3, 0.4) is 0 Å². The fourth-order valence-electron chi connectivity index (χ4n) is 4.04. The van der Waals surface area contributed by atoms with Crippen molar-refractivity contribution < 1.29 is 9.21 Å². The zero-order valence-corrected chi connectivity index (χ0v) is 17.5. The predicted octanol–water partition coefficient (Wildman–Crippen LogP) is 4.51. The number of hydrogen-bond acceptors (Lipinski definition) is 4. The number of aromatic nitrogens is 1. The van der Waals surface area contributed by atoms with Gasteiger partial charge in [0.2, 0.25) is 5.88 Å². The SMILES string of the molecule is Cc1oc(-n2cccc2)c(C#N)c1C(=O)N(C)Cc1ccc(N2CCCCC2)cc1. The normalized spacial score (nSPS) is 13.8. The number of hydrogen-bond donors (Lipinski definition) is 0. The summed E-state index contributed by atoms with van der Waals surface area (Å²) in [5.41, 5.74) is 2.88. The van der Waals surface area contributed by atoms with Crippen molar-refractivity contribution in [3.05, 3.63) is 71.2 Å². The van der Waals surface area contributed by atoms with Crippen LogP contribution in [0.2, 0.25) is 0 Å². The Morgan fingerprint density at radius 2 is 1.80 bits per heavy atom. The number of carbonyl (C=O) groups excluding carboxylic acids is 1. The molecule has 2 aromatic heterocycles. The van der Waals surface area contributed by atoms with Gasteiger partial charge >= 0.3 is 0 Å². The molecule has 1 amide bonds. The second-order valence-electron chi connectivity index (χ2n) is 7.79. The van der Waals surface area contributed by atoms with E-state index in [-0.39, 0.29) is 11.5 Å². The van der Waals surface area contributed by atoms with Crippen LogP contribution >= 0.6 is 0 Å². The Kier molecular flexibility index (Phi) is 5.62. The summed E-state index contributed by atoms with van der Waals surface area (Å²) >= 11 is 0. The number of carbonyl (C=O) groups is 1. The van der Waals surface area contributed by atoms with E-state index in [4.69, 9.17) is 4.42 Å². The number of furan rings is 1. The molecule has 3 heterocycles. The van der Waals surface area contributed by atoms with Gasteiger partial charge in [0.1, 0.15) is 23.0 Å². The molecule has 0 bridgehead atoms. The third-order valence-electron chi connectivity index (χ3n) is 5.65. The van der Waals surface area contributed by atoms with Gasteiger partial charge in [-0.25, -0.2) is 0 Å². The van der Waals surface area contributed by atoms with Gasteiger partial charge in [-0.3, -0.25) is 9.36 Å². The molecule has 6 heteroatoms. The molecule has 1 aliphatic heterocycles. The predicted molar refractivity (Wildman–Crippen MR) is 116 cm³/mol. The molecule has 6 nitrogen and oxygen atoms in total. The number of benzene rings is 1. The summed E-state index contributed by atoms with van der Waals surface area (Å²) in [4.78, 5) is 17.2. The van der Waals surface area contributed by atoms with Gasteiger partial charge in [0.25, 0.3) is 5.91 Å². The molecule has 4 rings (SSSR count). The largest absolute Gasteiger partial charge is 0.443 e. The maximum Gasteiger partial charge on any atom is 0.258 e. The van der Waals surface area contributed by atoms with E-state index in [1.807, 2.05) is 12.1 Å². The first-order chi connectivity index (χ1) is 14.6. The van der Waals surface area contributed by atoms with E-state index in [2.05, 4.69) is 35.2 Å². The third kappa shape index (κ3) is 3.84. The van der Waals surface area contributed by atoms with E-state index < -0.39 is 0 Å². The average molecular weight is 402 g/mol. The number of piperidine rings is 1. The van der Waals surface area contributed by atoms with Crippen LogP contribution < -0.4 is 4.90 Å². The van der Waals surface area contributed by atoms with Gasteiger partial charge in [-0.2, -0.15) is 5.26 Å². The smallest absolute Gasteiger partial charge is 0.258 e. The molecule has 0 N–H and O–H groups in total. The molecule has 0 spiro atoms. The van der Waals surface area contributed by atoms with Gasteiger partial charge in [-0.1, -0.05) is 12.1 Å². The first-order valence-corrected chi connectivity index (χ1v) is 10.3. The van der Waals surface area contributed by atoms with E-state index in [1.54, 1.807) is 35.8 Å². The van der Waals surface area contributed by atoms with Crippen molar-refractivity contribution >= 4 is 11.6 Å². The minimum Gasteiger partial charge on any atom is -0.443 e. The van der Waals surface area contributed by atoms with Crippen molar-refractivity contribution in [2.75, 3.05) is 25.0 Å². The van der Waals surface area contributed by atoms with Gasteiger partial charge in [-0.05, 0) is 56.0 Å². The highest BCUT2D eigenvalue weighted by Gasteiger charge is 2.26. The lowest BCUT2D eigenvalue weighted by molar-refractivity contribution is 0.0783. The molecule has 1 aromatic carbocycles. The van der Waals surface area contributed by atoms with E-state index in [9.17, 15) is 10.1 Å². The fraction of sp³-hybridized carbons (Fsp3) is 0.333. The van der Waals surface area contributed by atoms with Gasteiger partial charge in [-0.15, -0.1) is 0 Å². The average Bonchev–Trinajstić information content (AvgIpc) is 3.41. The monoisotopic (exact) mass is 402 g/mol. The molecule has 0 atom stereocenters. The maximum atomic E-state index is 13.1. The molecule has 154 valence electrons. The van der Waals surface area contributed by atoms with Crippen LogP contribution in [0.4, 0.5) is 5.69 Å². The molecular weight excluding hydrogens is 376 g/mol. The molecule has 1 saturated heterocycles. The molecule has 0 saturated carbocycles. The Labute approximate surface area is 176 Å². The Bertz CT molecular complexity index is 1050. The number of nitrogens with zero attached hydrogens (tertiary/aromatic N) is 4. The lowest BCUT2D eigenvalue weighted by Gasteiger charge is -2.29. The van der Waals surface area contributed by atoms with Crippen LogP contribution in [0.25, 0.3) is 5.88 Å². The van der Waals surface area contributed by atoms with Crippen molar-refractivity contribution in [2.45, 2.75) is 32.7 Å². The van der Waals surface area contributed by atoms with Crippen molar-refractivity contribution in [1.82, 2.24) is 9.47 Å². The van der Waals surface area contributed by atoms with Crippen LogP contribution in [0.15, 0.2) is 53.2 Å². The molecule has 0 unspecified atom stereocenters.